The predicted molar refractivity (Wildman–Crippen MR) is 40.0 cm³/mol. The largest absolute Gasteiger partial charge is 0.367 e. The van der Waals surface area contributed by atoms with Crippen molar-refractivity contribution in [1.82, 2.24) is 15.4 Å². The Balaban J connectivity index is 3.20. The summed E-state index contributed by atoms with van der Waals surface area (Å²) in [6.45, 7) is 1.61. The van der Waals surface area contributed by atoms with Gasteiger partial charge in [-0.25, -0.2) is 15.0 Å². The summed E-state index contributed by atoms with van der Waals surface area (Å²) in [5.41, 5.74) is -0.449. The highest BCUT2D eigenvalue weighted by atomic mass is 16.5. The number of aromatic nitrogens is 3. The van der Waals surface area contributed by atoms with E-state index >= 15 is 0 Å². The van der Waals surface area contributed by atoms with Crippen LogP contribution in [0.5, 0.6) is 0 Å². The molecule has 0 aliphatic heterocycles. The van der Waals surface area contributed by atoms with Gasteiger partial charge in [-0.15, -0.1) is 0 Å². The van der Waals surface area contributed by atoms with Crippen molar-refractivity contribution in [2.75, 3.05) is 0 Å². The molecule has 0 aliphatic rings. The van der Waals surface area contributed by atoms with Gasteiger partial charge in [0.05, 0.1) is 5.69 Å². The molecule has 0 spiro atoms. The van der Waals surface area contributed by atoms with E-state index in [9.17, 15) is 9.59 Å². The zero-order chi connectivity index (χ0) is 8.72. The highest BCUT2D eigenvalue weighted by molar-refractivity contribution is 5.77. The number of H-pyrrole nitrogens is 2. The van der Waals surface area contributed by atoms with Crippen LogP contribution in [0.4, 0.5) is 0 Å². The highest BCUT2D eigenvalue weighted by Gasteiger charge is 2.09. The van der Waals surface area contributed by atoms with E-state index in [2.05, 4.69) is 19.9 Å². The minimum absolute atomic E-state index is 0.132. The Morgan fingerprint density at radius 3 is 2.83 bits per heavy atom. The summed E-state index contributed by atoms with van der Waals surface area (Å²) in [6.07, 6.45) is 0. The van der Waals surface area contributed by atoms with Gasteiger partial charge in [0.2, 0.25) is 0 Å². The molecule has 2 N–H and O–H groups in total. The molecule has 0 unspecified atom stereocenters. The Kier molecular flexibility index (Phi) is 1.18. The monoisotopic (exact) mass is 167 g/mol. The Morgan fingerprint density at radius 1 is 1.42 bits per heavy atom. The molecule has 0 saturated heterocycles. The number of aromatic amines is 2. The molecular formula is C6H5N3O3. The van der Waals surface area contributed by atoms with Gasteiger partial charge in [-0.05, 0) is 6.92 Å². The molecule has 0 fully saturated rings. The predicted octanol–water partition coefficient (Wildman–Crippen LogP) is -0.487. The van der Waals surface area contributed by atoms with E-state index in [1.54, 1.807) is 6.92 Å². The fourth-order valence-corrected chi connectivity index (χ4v) is 1.04. The maximum absolute atomic E-state index is 11.0. The summed E-state index contributed by atoms with van der Waals surface area (Å²) >= 11 is 0. The Morgan fingerprint density at radius 2 is 2.17 bits per heavy atom. The zero-order valence-corrected chi connectivity index (χ0v) is 6.17. The van der Waals surface area contributed by atoms with Crippen LogP contribution < -0.4 is 11.2 Å². The van der Waals surface area contributed by atoms with E-state index in [0.29, 0.717) is 5.69 Å². The maximum Gasteiger partial charge on any atom is 0.367 e. The fourth-order valence-electron chi connectivity index (χ4n) is 1.04. The first-order valence-corrected chi connectivity index (χ1v) is 3.26. The summed E-state index contributed by atoms with van der Waals surface area (Å²) in [7, 11) is 0. The standard InChI is InChI=1S/C6H5N3O3/c1-2-3-4(5(10)8-7-2)9-12-6(3)11/h9H,1H3,(H,8,10). The normalized spacial score (nSPS) is 10.8. The van der Waals surface area contributed by atoms with Crippen LogP contribution in [0, 0.1) is 6.92 Å². The Hall–Kier alpha value is -1.85. The van der Waals surface area contributed by atoms with Crippen molar-refractivity contribution in [3.63, 3.8) is 0 Å². The second-order valence-corrected chi connectivity index (χ2v) is 2.38. The van der Waals surface area contributed by atoms with Crippen LogP contribution in [0.2, 0.25) is 0 Å². The van der Waals surface area contributed by atoms with E-state index in [1.165, 1.54) is 0 Å². The molecule has 0 atom stereocenters. The first-order valence-electron chi connectivity index (χ1n) is 3.26. The molecule has 0 amide bonds. The number of nitrogens with one attached hydrogen (secondary N) is 2. The van der Waals surface area contributed by atoms with E-state index in [4.69, 9.17) is 0 Å². The van der Waals surface area contributed by atoms with Gasteiger partial charge in [0.15, 0.2) is 5.52 Å². The number of aryl methyl sites for hydroxylation is 1. The fraction of sp³-hybridized carbons (Fsp3) is 0.167. The molecule has 6 heteroatoms. The molecular weight excluding hydrogens is 162 g/mol. The molecule has 62 valence electrons. The minimum Gasteiger partial charge on any atom is -0.338 e. The molecule has 2 aromatic rings. The van der Waals surface area contributed by atoms with Crippen molar-refractivity contribution in [2.45, 2.75) is 6.92 Å². The molecule has 2 rings (SSSR count). The van der Waals surface area contributed by atoms with Crippen LogP contribution >= 0.6 is 0 Å². The summed E-state index contributed by atoms with van der Waals surface area (Å²) in [4.78, 5) is 22.0. The lowest BCUT2D eigenvalue weighted by Crippen LogP contribution is -2.11. The van der Waals surface area contributed by atoms with Crippen molar-refractivity contribution in [3.8, 4) is 0 Å². The number of nitrogens with zero attached hydrogens (tertiary/aromatic N) is 1. The lowest BCUT2D eigenvalue weighted by molar-refractivity contribution is 0.399. The molecule has 0 bridgehead atoms. The summed E-state index contributed by atoms with van der Waals surface area (Å²) in [5, 5.41) is 8.28. The van der Waals surface area contributed by atoms with E-state index in [1.807, 2.05) is 0 Å². The van der Waals surface area contributed by atoms with Crippen LogP contribution in [-0.2, 0) is 0 Å². The molecule has 6 nitrogen and oxygen atoms in total. The van der Waals surface area contributed by atoms with E-state index in [-0.39, 0.29) is 10.9 Å². The summed E-state index contributed by atoms with van der Waals surface area (Å²) < 4.78 is 4.44. The lowest BCUT2D eigenvalue weighted by Gasteiger charge is -1.87. The van der Waals surface area contributed by atoms with Gasteiger partial charge >= 0.3 is 5.63 Å². The summed E-state index contributed by atoms with van der Waals surface area (Å²) in [6, 6.07) is 0. The number of hydrogen-bond acceptors (Lipinski definition) is 4. The first-order chi connectivity index (χ1) is 5.70. The lowest BCUT2D eigenvalue weighted by atomic mass is 10.3. The number of hydrogen-bond donors (Lipinski definition) is 2. The van der Waals surface area contributed by atoms with Crippen LogP contribution in [0.25, 0.3) is 10.9 Å². The molecule has 0 aliphatic carbocycles. The molecule has 12 heavy (non-hydrogen) atoms. The quantitative estimate of drug-likeness (QED) is 0.553. The van der Waals surface area contributed by atoms with Crippen molar-refractivity contribution in [2.24, 2.45) is 0 Å². The third-order valence-corrected chi connectivity index (χ3v) is 1.61. The first kappa shape index (κ1) is 6.84. The molecule has 2 heterocycles. The molecule has 2 aromatic heterocycles. The van der Waals surface area contributed by atoms with Crippen LogP contribution in [-0.4, -0.2) is 15.4 Å². The molecule has 0 radical (unpaired) electrons. The third-order valence-electron chi connectivity index (χ3n) is 1.61. The van der Waals surface area contributed by atoms with Crippen molar-refractivity contribution >= 4 is 10.9 Å². The number of fused-ring (bicyclic) bond motifs is 1. The van der Waals surface area contributed by atoms with Gasteiger partial charge in [-0.3, -0.25) is 4.79 Å². The Labute approximate surface area is 65.2 Å². The van der Waals surface area contributed by atoms with Gasteiger partial charge in [0, 0.05) is 0 Å². The zero-order valence-electron chi connectivity index (χ0n) is 6.17. The van der Waals surface area contributed by atoms with Gasteiger partial charge in [0.25, 0.3) is 5.56 Å². The van der Waals surface area contributed by atoms with Crippen molar-refractivity contribution in [1.29, 1.82) is 0 Å². The second kappa shape index (κ2) is 2.07. The van der Waals surface area contributed by atoms with E-state index in [0.717, 1.165) is 0 Å². The van der Waals surface area contributed by atoms with Crippen molar-refractivity contribution < 1.29 is 4.52 Å². The van der Waals surface area contributed by atoms with Gasteiger partial charge in [0.1, 0.15) is 5.39 Å². The van der Waals surface area contributed by atoms with Gasteiger partial charge in [-0.2, -0.15) is 5.10 Å². The SMILES string of the molecule is Cc1n[nH]c(=O)c2[nH]oc(=O)c12. The van der Waals surface area contributed by atoms with Crippen LogP contribution in [0.3, 0.4) is 0 Å². The maximum atomic E-state index is 11.0. The topological polar surface area (TPSA) is 91.8 Å². The van der Waals surface area contributed by atoms with Crippen molar-refractivity contribution in [3.05, 3.63) is 26.5 Å². The Bertz CT molecular complexity index is 533. The smallest absolute Gasteiger partial charge is 0.338 e. The van der Waals surface area contributed by atoms with E-state index < -0.39 is 11.2 Å². The third kappa shape index (κ3) is 0.714. The summed E-state index contributed by atoms with van der Waals surface area (Å²) in [5.74, 6) is 0. The van der Waals surface area contributed by atoms with Gasteiger partial charge < -0.3 is 4.52 Å². The minimum atomic E-state index is -0.568. The number of rotatable bonds is 0. The average molecular weight is 167 g/mol. The van der Waals surface area contributed by atoms with Crippen LogP contribution in [0.1, 0.15) is 5.69 Å². The molecule has 0 aromatic carbocycles. The van der Waals surface area contributed by atoms with Crippen LogP contribution in [0.15, 0.2) is 14.1 Å². The molecule has 0 saturated carbocycles. The second-order valence-electron chi connectivity index (χ2n) is 2.38. The average Bonchev–Trinajstić information content (AvgIpc) is 2.42. The van der Waals surface area contributed by atoms with Gasteiger partial charge in [-0.1, -0.05) is 0 Å². The highest BCUT2D eigenvalue weighted by Crippen LogP contribution is 2.02.